The fraction of sp³-hybridized carbons (Fsp3) is 0.304. The Hall–Kier alpha value is -3.63. The molecule has 10 nitrogen and oxygen atoms in total. The monoisotopic (exact) mass is 489 g/mol. The van der Waals surface area contributed by atoms with Gasteiger partial charge in [-0.15, -0.1) is 0 Å². The lowest BCUT2D eigenvalue weighted by Crippen LogP contribution is -2.22. The number of aliphatic hydroxyl groups is 1. The highest BCUT2D eigenvalue weighted by Crippen LogP contribution is 2.39. The number of aliphatic hydroxyl groups excluding tert-OH is 1. The van der Waals surface area contributed by atoms with Crippen LogP contribution in [0.4, 0.5) is 0 Å². The van der Waals surface area contributed by atoms with Gasteiger partial charge in [-0.25, -0.2) is 14.6 Å². The van der Waals surface area contributed by atoms with Gasteiger partial charge in [-0.2, -0.15) is 0 Å². The number of carbonyl (C=O) groups is 3. The third kappa shape index (κ3) is 4.97. The van der Waals surface area contributed by atoms with Crippen LogP contribution in [0.1, 0.15) is 33.4 Å². The molecule has 1 aliphatic rings. The Kier molecular flexibility index (Phi) is 7.13. The summed E-state index contributed by atoms with van der Waals surface area (Å²) in [4.78, 5) is 36.9. The molecule has 0 bridgehead atoms. The smallest absolute Gasteiger partial charge is 0.414 e. The number of aryl methyl sites for hydroxylation is 2. The van der Waals surface area contributed by atoms with Gasteiger partial charge in [0.25, 0.3) is 5.91 Å². The molecule has 1 aliphatic carbocycles. The molecule has 0 saturated heterocycles. The maximum Gasteiger partial charge on any atom is 0.414 e. The van der Waals surface area contributed by atoms with E-state index in [0.717, 1.165) is 22.5 Å². The van der Waals surface area contributed by atoms with Crippen LogP contribution >= 0.6 is 11.6 Å². The number of benzene rings is 2. The summed E-state index contributed by atoms with van der Waals surface area (Å²) >= 11 is 6.09. The van der Waals surface area contributed by atoms with Crippen LogP contribution in [0.2, 0.25) is 5.02 Å². The van der Waals surface area contributed by atoms with E-state index in [-0.39, 0.29) is 5.91 Å². The number of amides is 1. The SMILES string of the molecule is Cc1nc2c(O[C@@H]3c4ccc(Cl)cc4C[C@H]3O)cc(C(=O)N(C)C)cc2n1C.O=C(O)C(=O)O. The van der Waals surface area contributed by atoms with Crippen molar-refractivity contribution in [1.82, 2.24) is 14.5 Å². The topological polar surface area (TPSA) is 142 Å². The van der Waals surface area contributed by atoms with Gasteiger partial charge in [0.2, 0.25) is 0 Å². The molecule has 0 radical (unpaired) electrons. The summed E-state index contributed by atoms with van der Waals surface area (Å²) in [7, 11) is 5.32. The predicted molar refractivity (Wildman–Crippen MR) is 123 cm³/mol. The fourth-order valence-corrected chi connectivity index (χ4v) is 3.89. The molecule has 1 heterocycles. The molecule has 3 aromatic rings. The molecule has 4 rings (SSSR count). The number of carbonyl (C=O) groups excluding carboxylic acids is 1. The van der Waals surface area contributed by atoms with E-state index in [9.17, 15) is 9.90 Å². The van der Waals surface area contributed by atoms with Gasteiger partial charge in [0, 0.05) is 38.1 Å². The minimum absolute atomic E-state index is 0.121. The molecule has 0 aliphatic heterocycles. The number of imidazole rings is 1. The van der Waals surface area contributed by atoms with E-state index in [1.54, 1.807) is 26.2 Å². The Bertz CT molecular complexity index is 1270. The number of halogens is 1. The molecule has 34 heavy (non-hydrogen) atoms. The number of carboxylic acid groups (broad SMARTS) is 2. The van der Waals surface area contributed by atoms with Crippen LogP contribution < -0.4 is 4.74 Å². The second kappa shape index (κ2) is 9.70. The van der Waals surface area contributed by atoms with Crippen LogP contribution in [0, 0.1) is 6.92 Å². The van der Waals surface area contributed by atoms with Crippen molar-refractivity contribution in [3.05, 3.63) is 57.9 Å². The Morgan fingerprint density at radius 1 is 1.15 bits per heavy atom. The fourth-order valence-electron chi connectivity index (χ4n) is 3.69. The van der Waals surface area contributed by atoms with Crippen LogP contribution in [-0.4, -0.2) is 67.8 Å². The molecule has 2 atom stereocenters. The van der Waals surface area contributed by atoms with Crippen molar-refractivity contribution < 1.29 is 34.4 Å². The molecule has 3 N–H and O–H groups in total. The Labute approximate surface area is 200 Å². The quantitative estimate of drug-likeness (QED) is 0.476. The van der Waals surface area contributed by atoms with Crippen molar-refractivity contribution in [2.45, 2.75) is 25.6 Å². The zero-order valence-corrected chi connectivity index (χ0v) is 19.7. The Morgan fingerprint density at radius 3 is 2.38 bits per heavy atom. The number of hydrogen-bond donors (Lipinski definition) is 3. The van der Waals surface area contributed by atoms with Gasteiger partial charge in [-0.05, 0) is 42.3 Å². The summed E-state index contributed by atoms with van der Waals surface area (Å²) in [5.41, 5.74) is 3.87. The summed E-state index contributed by atoms with van der Waals surface area (Å²) in [5, 5.41) is 26.0. The highest BCUT2D eigenvalue weighted by Gasteiger charge is 2.34. The van der Waals surface area contributed by atoms with Gasteiger partial charge >= 0.3 is 11.9 Å². The van der Waals surface area contributed by atoms with Crippen LogP contribution in [0.5, 0.6) is 5.75 Å². The highest BCUT2D eigenvalue weighted by molar-refractivity contribution is 6.30. The molecule has 0 spiro atoms. The summed E-state index contributed by atoms with van der Waals surface area (Å²) in [6, 6.07) is 9.06. The summed E-state index contributed by atoms with van der Waals surface area (Å²) in [5.74, 6) is -2.47. The normalized spacial score (nSPS) is 16.4. The predicted octanol–water partition coefficient (Wildman–Crippen LogP) is 2.43. The zero-order chi connectivity index (χ0) is 25.3. The Morgan fingerprint density at radius 2 is 1.79 bits per heavy atom. The average Bonchev–Trinajstić information content (AvgIpc) is 3.23. The van der Waals surface area contributed by atoms with Gasteiger partial charge in [0.1, 0.15) is 17.1 Å². The second-order valence-electron chi connectivity index (χ2n) is 8.02. The first-order chi connectivity index (χ1) is 15.9. The lowest BCUT2D eigenvalue weighted by Gasteiger charge is -2.20. The molecule has 0 unspecified atom stereocenters. The molecule has 1 aromatic heterocycles. The lowest BCUT2D eigenvalue weighted by atomic mass is 10.1. The number of rotatable bonds is 3. The van der Waals surface area contributed by atoms with E-state index in [1.807, 2.05) is 36.7 Å². The van der Waals surface area contributed by atoms with E-state index in [0.29, 0.717) is 28.3 Å². The minimum atomic E-state index is -1.82. The number of aromatic nitrogens is 2. The van der Waals surface area contributed by atoms with E-state index in [4.69, 9.17) is 36.1 Å². The molecule has 11 heteroatoms. The largest absolute Gasteiger partial charge is 0.481 e. The standard InChI is InChI=1S/C21H22ClN3O3.C2H2O4/c1-11-23-19-16(25(11)4)8-13(21(27)24(2)3)10-18(19)28-20-15-6-5-14(22)7-12(15)9-17(20)26;3-1(4)2(5)6/h5-8,10,17,20,26H,9H2,1-4H3;(H,3,4)(H,5,6)/t17-,20-;/m1./s1. The number of fused-ring (bicyclic) bond motifs is 2. The molecule has 180 valence electrons. The van der Waals surface area contributed by atoms with Gasteiger partial charge in [0.05, 0.1) is 11.6 Å². The zero-order valence-electron chi connectivity index (χ0n) is 18.9. The maximum absolute atomic E-state index is 12.6. The molecule has 2 aromatic carbocycles. The van der Waals surface area contributed by atoms with Gasteiger partial charge in [-0.3, -0.25) is 4.79 Å². The number of carboxylic acids is 2. The van der Waals surface area contributed by atoms with Crippen molar-refractivity contribution in [1.29, 1.82) is 0 Å². The first-order valence-electron chi connectivity index (χ1n) is 10.2. The third-order valence-electron chi connectivity index (χ3n) is 5.46. The second-order valence-corrected chi connectivity index (χ2v) is 8.46. The molecule has 0 fully saturated rings. The van der Waals surface area contributed by atoms with E-state index >= 15 is 0 Å². The summed E-state index contributed by atoms with van der Waals surface area (Å²) in [6.45, 7) is 1.90. The number of aliphatic carboxylic acids is 2. The number of ether oxygens (including phenoxy) is 1. The third-order valence-corrected chi connectivity index (χ3v) is 5.69. The highest BCUT2D eigenvalue weighted by atomic mass is 35.5. The van der Waals surface area contributed by atoms with E-state index in [1.165, 1.54) is 4.90 Å². The van der Waals surface area contributed by atoms with Crippen LogP contribution in [-0.2, 0) is 23.1 Å². The first-order valence-corrected chi connectivity index (χ1v) is 10.6. The molecule has 0 saturated carbocycles. The maximum atomic E-state index is 12.6. The van der Waals surface area contributed by atoms with E-state index < -0.39 is 24.1 Å². The van der Waals surface area contributed by atoms with Crippen molar-refractivity contribution in [2.75, 3.05) is 14.1 Å². The van der Waals surface area contributed by atoms with Crippen molar-refractivity contribution in [3.8, 4) is 5.75 Å². The van der Waals surface area contributed by atoms with Gasteiger partial charge < -0.3 is 29.5 Å². The van der Waals surface area contributed by atoms with Crippen molar-refractivity contribution in [2.24, 2.45) is 7.05 Å². The van der Waals surface area contributed by atoms with Crippen molar-refractivity contribution in [3.63, 3.8) is 0 Å². The molecular formula is C23H24ClN3O7. The molecule has 1 amide bonds. The first kappa shape index (κ1) is 25.0. The molecular weight excluding hydrogens is 466 g/mol. The Balaban J connectivity index is 0.000000481. The number of hydrogen-bond acceptors (Lipinski definition) is 6. The van der Waals surface area contributed by atoms with Crippen molar-refractivity contribution >= 4 is 40.5 Å². The van der Waals surface area contributed by atoms with Crippen LogP contribution in [0.3, 0.4) is 0 Å². The van der Waals surface area contributed by atoms with Crippen LogP contribution in [0.15, 0.2) is 30.3 Å². The summed E-state index contributed by atoms with van der Waals surface area (Å²) < 4.78 is 8.19. The minimum Gasteiger partial charge on any atom is -0.481 e. The number of nitrogens with zero attached hydrogens (tertiary/aromatic N) is 3. The van der Waals surface area contributed by atoms with Gasteiger partial charge in [0.15, 0.2) is 6.10 Å². The average molecular weight is 490 g/mol. The van der Waals surface area contributed by atoms with Gasteiger partial charge in [-0.1, -0.05) is 17.7 Å². The lowest BCUT2D eigenvalue weighted by molar-refractivity contribution is -0.159. The van der Waals surface area contributed by atoms with Crippen LogP contribution in [0.25, 0.3) is 11.0 Å². The van der Waals surface area contributed by atoms with E-state index in [2.05, 4.69) is 4.98 Å². The summed E-state index contributed by atoms with van der Waals surface area (Å²) in [6.07, 6.45) is -0.759.